The first-order chi connectivity index (χ1) is 7.65. The zero-order chi connectivity index (χ0) is 11.7. The minimum absolute atomic E-state index is 0.0951. The molecule has 0 saturated heterocycles. The van der Waals surface area contributed by atoms with Crippen molar-refractivity contribution in [1.29, 1.82) is 0 Å². The van der Waals surface area contributed by atoms with Crippen LogP contribution in [0.25, 0.3) is 0 Å². The van der Waals surface area contributed by atoms with Gasteiger partial charge in [0.15, 0.2) is 0 Å². The monoisotopic (exact) mass is 223 g/mol. The normalized spacial score (nSPS) is 23.6. The number of carbonyl (C=O) groups is 1. The van der Waals surface area contributed by atoms with E-state index in [2.05, 4.69) is 29.2 Å². The van der Waals surface area contributed by atoms with Gasteiger partial charge in [0, 0.05) is 6.04 Å². The fourth-order valence-corrected chi connectivity index (χ4v) is 2.06. The number of hydrogen-bond acceptors (Lipinski definition) is 4. The second-order valence-electron chi connectivity index (χ2n) is 4.12. The second kappa shape index (κ2) is 4.11. The first kappa shape index (κ1) is 10.9. The Bertz CT molecular complexity index is 400. The number of anilines is 1. The van der Waals surface area contributed by atoms with Crippen LogP contribution in [0, 0.1) is 0 Å². The first-order valence-electron chi connectivity index (χ1n) is 5.68. The lowest BCUT2D eigenvalue weighted by Crippen LogP contribution is -2.31. The number of nitrogens with two attached hydrogens (primary N) is 1. The summed E-state index contributed by atoms with van der Waals surface area (Å²) in [7, 11) is 0. The number of fused-ring (bicyclic) bond motifs is 1. The SMILES string of the molecule is CCC1CC(CC)n2nc(C(N)=O)nc2N1. The third-order valence-electron chi connectivity index (χ3n) is 3.05. The van der Waals surface area contributed by atoms with Gasteiger partial charge in [0.05, 0.1) is 6.04 Å². The maximum Gasteiger partial charge on any atom is 0.288 e. The fourth-order valence-electron chi connectivity index (χ4n) is 2.06. The molecular weight excluding hydrogens is 206 g/mol. The van der Waals surface area contributed by atoms with Crippen LogP contribution in [0.5, 0.6) is 0 Å². The molecule has 1 amide bonds. The minimum Gasteiger partial charge on any atom is -0.363 e. The van der Waals surface area contributed by atoms with Crippen LogP contribution >= 0.6 is 0 Å². The molecule has 6 nitrogen and oxygen atoms in total. The van der Waals surface area contributed by atoms with E-state index in [9.17, 15) is 4.79 Å². The number of primary amides is 1. The predicted molar refractivity (Wildman–Crippen MR) is 60.2 cm³/mol. The van der Waals surface area contributed by atoms with E-state index in [1.54, 1.807) is 4.68 Å². The number of amides is 1. The summed E-state index contributed by atoms with van der Waals surface area (Å²) in [5.41, 5.74) is 5.17. The molecule has 0 fully saturated rings. The first-order valence-corrected chi connectivity index (χ1v) is 5.68. The van der Waals surface area contributed by atoms with Crippen molar-refractivity contribution in [3.05, 3.63) is 5.82 Å². The van der Waals surface area contributed by atoms with Crippen LogP contribution in [0.2, 0.25) is 0 Å². The summed E-state index contributed by atoms with van der Waals surface area (Å²) >= 11 is 0. The van der Waals surface area contributed by atoms with Crippen molar-refractivity contribution in [2.45, 2.75) is 45.2 Å². The lowest BCUT2D eigenvalue weighted by atomic mass is 10.0. The number of nitrogens with zero attached hydrogens (tertiary/aromatic N) is 3. The Morgan fingerprint density at radius 2 is 2.31 bits per heavy atom. The van der Waals surface area contributed by atoms with Crippen molar-refractivity contribution in [2.75, 3.05) is 5.32 Å². The van der Waals surface area contributed by atoms with Gasteiger partial charge < -0.3 is 11.1 Å². The van der Waals surface area contributed by atoms with E-state index in [0.29, 0.717) is 18.0 Å². The molecule has 2 unspecified atom stereocenters. The molecule has 0 bridgehead atoms. The van der Waals surface area contributed by atoms with Crippen molar-refractivity contribution >= 4 is 11.9 Å². The summed E-state index contributed by atoms with van der Waals surface area (Å²) in [5.74, 6) is 0.183. The highest BCUT2D eigenvalue weighted by molar-refractivity contribution is 5.89. The van der Waals surface area contributed by atoms with Crippen LogP contribution in [0.4, 0.5) is 5.95 Å². The molecular formula is C10H17N5O. The van der Waals surface area contributed by atoms with E-state index in [1.807, 2.05) is 0 Å². The van der Waals surface area contributed by atoms with Gasteiger partial charge in [0.1, 0.15) is 0 Å². The topological polar surface area (TPSA) is 85.8 Å². The molecule has 0 radical (unpaired) electrons. The van der Waals surface area contributed by atoms with Crippen LogP contribution in [-0.4, -0.2) is 26.7 Å². The molecule has 1 aromatic rings. The number of nitrogens with one attached hydrogen (secondary N) is 1. The van der Waals surface area contributed by atoms with Crippen molar-refractivity contribution in [1.82, 2.24) is 14.8 Å². The molecule has 0 saturated carbocycles. The Balaban J connectivity index is 2.34. The van der Waals surface area contributed by atoms with Crippen LogP contribution < -0.4 is 11.1 Å². The van der Waals surface area contributed by atoms with Crippen molar-refractivity contribution in [3.63, 3.8) is 0 Å². The maximum absolute atomic E-state index is 11.0. The second-order valence-corrected chi connectivity index (χ2v) is 4.12. The molecule has 16 heavy (non-hydrogen) atoms. The highest BCUT2D eigenvalue weighted by Crippen LogP contribution is 2.28. The quantitative estimate of drug-likeness (QED) is 0.798. The van der Waals surface area contributed by atoms with Gasteiger partial charge in [0.25, 0.3) is 5.91 Å². The molecule has 88 valence electrons. The van der Waals surface area contributed by atoms with E-state index < -0.39 is 5.91 Å². The van der Waals surface area contributed by atoms with Gasteiger partial charge in [-0.15, -0.1) is 5.10 Å². The summed E-state index contributed by atoms with van der Waals surface area (Å²) in [6.07, 6.45) is 3.03. The van der Waals surface area contributed by atoms with Crippen LogP contribution in [0.3, 0.4) is 0 Å². The zero-order valence-corrected chi connectivity index (χ0v) is 9.60. The predicted octanol–water partition coefficient (Wildman–Crippen LogP) is 0.922. The van der Waals surface area contributed by atoms with E-state index in [4.69, 9.17) is 5.73 Å². The molecule has 0 aromatic carbocycles. The summed E-state index contributed by atoms with van der Waals surface area (Å²) in [4.78, 5) is 15.1. The Labute approximate surface area is 94.2 Å². The molecule has 1 aliphatic heterocycles. The third-order valence-corrected chi connectivity index (χ3v) is 3.05. The Kier molecular flexibility index (Phi) is 2.80. The Morgan fingerprint density at radius 1 is 1.56 bits per heavy atom. The molecule has 6 heteroatoms. The molecule has 2 atom stereocenters. The van der Waals surface area contributed by atoms with Crippen LogP contribution in [0.15, 0.2) is 0 Å². The van der Waals surface area contributed by atoms with Gasteiger partial charge >= 0.3 is 0 Å². The van der Waals surface area contributed by atoms with Crippen molar-refractivity contribution < 1.29 is 4.79 Å². The van der Waals surface area contributed by atoms with Gasteiger partial charge in [-0.2, -0.15) is 4.98 Å². The molecule has 1 aromatic heterocycles. The maximum atomic E-state index is 11.0. The highest BCUT2D eigenvalue weighted by atomic mass is 16.1. The number of carbonyl (C=O) groups excluding carboxylic acids is 1. The van der Waals surface area contributed by atoms with Gasteiger partial charge in [-0.25, -0.2) is 4.68 Å². The van der Waals surface area contributed by atoms with Gasteiger partial charge in [-0.05, 0) is 19.3 Å². The molecule has 2 heterocycles. The molecule has 3 N–H and O–H groups in total. The van der Waals surface area contributed by atoms with Crippen LogP contribution in [-0.2, 0) is 0 Å². The Hall–Kier alpha value is -1.59. The molecule has 2 rings (SSSR count). The summed E-state index contributed by atoms with van der Waals surface area (Å²) in [6.45, 7) is 4.24. The van der Waals surface area contributed by atoms with E-state index in [1.165, 1.54) is 0 Å². The van der Waals surface area contributed by atoms with E-state index in [0.717, 1.165) is 19.3 Å². The average Bonchev–Trinajstić information content (AvgIpc) is 2.71. The highest BCUT2D eigenvalue weighted by Gasteiger charge is 2.27. The Morgan fingerprint density at radius 3 is 2.88 bits per heavy atom. The van der Waals surface area contributed by atoms with Crippen LogP contribution in [0.1, 0.15) is 49.8 Å². The standard InChI is InChI=1S/C10H17N5O/c1-3-6-5-7(4-2)15-10(12-6)13-9(14-15)8(11)16/h6-7H,3-5H2,1-2H3,(H2,11,16)(H,12,13,14). The number of aromatic nitrogens is 3. The van der Waals surface area contributed by atoms with E-state index >= 15 is 0 Å². The number of hydrogen-bond donors (Lipinski definition) is 2. The third kappa shape index (κ3) is 1.75. The van der Waals surface area contributed by atoms with Crippen molar-refractivity contribution in [2.24, 2.45) is 5.73 Å². The summed E-state index contributed by atoms with van der Waals surface area (Å²) in [6, 6.07) is 0.712. The smallest absolute Gasteiger partial charge is 0.288 e. The fraction of sp³-hybridized carbons (Fsp3) is 0.700. The lowest BCUT2D eigenvalue weighted by Gasteiger charge is -2.29. The lowest BCUT2D eigenvalue weighted by molar-refractivity contribution is 0.0990. The van der Waals surface area contributed by atoms with Gasteiger partial charge in [0.2, 0.25) is 11.8 Å². The zero-order valence-electron chi connectivity index (χ0n) is 9.60. The molecule has 1 aliphatic rings. The minimum atomic E-state index is -0.577. The molecule has 0 aliphatic carbocycles. The summed E-state index contributed by atoms with van der Waals surface area (Å²) < 4.78 is 1.78. The summed E-state index contributed by atoms with van der Waals surface area (Å²) in [5, 5.41) is 7.41. The van der Waals surface area contributed by atoms with E-state index in [-0.39, 0.29) is 5.82 Å². The number of rotatable bonds is 3. The van der Waals surface area contributed by atoms with Gasteiger partial charge in [-0.3, -0.25) is 4.79 Å². The molecule has 0 spiro atoms. The van der Waals surface area contributed by atoms with Crippen molar-refractivity contribution in [3.8, 4) is 0 Å². The largest absolute Gasteiger partial charge is 0.363 e. The van der Waals surface area contributed by atoms with Gasteiger partial charge in [-0.1, -0.05) is 13.8 Å². The average molecular weight is 223 g/mol.